The monoisotopic (exact) mass is 1340 g/mol. The summed E-state index contributed by atoms with van der Waals surface area (Å²) in [7, 11) is 0. The minimum atomic E-state index is -1.67. The Morgan fingerprint density at radius 2 is 0.716 bits per heavy atom. The van der Waals surface area contributed by atoms with Crippen LogP contribution in [0.25, 0.3) is 0 Å². The number of hydrogen-bond acceptors (Lipinski definition) is 18. The summed E-state index contributed by atoms with van der Waals surface area (Å²) < 4.78 is 0. The predicted octanol–water partition coefficient (Wildman–Crippen LogP) is -2.53. The van der Waals surface area contributed by atoms with E-state index < -0.39 is 187 Å². The molecule has 528 valence electrons. The largest absolute Gasteiger partial charge is 0.508 e. The molecule has 2 rings (SSSR count). The number of nitrogens with two attached hydrogens (primary N) is 1. The molecule has 0 fully saturated rings. The summed E-state index contributed by atoms with van der Waals surface area (Å²) in [5.74, 6) is -14.8. The third kappa shape index (κ3) is 30.4. The molecule has 0 radical (unpaired) electrons. The van der Waals surface area contributed by atoms with Gasteiger partial charge in [0, 0.05) is 19.3 Å². The number of phenolic OH excluding ortho intramolecular Hbond substituents is 2. The molecule has 0 aliphatic rings. The molecule has 32 nitrogen and oxygen atoms in total. The van der Waals surface area contributed by atoms with Crippen LogP contribution < -0.4 is 69.5 Å². The van der Waals surface area contributed by atoms with Crippen molar-refractivity contribution in [3.63, 3.8) is 0 Å². The average molecular weight is 1340 g/mol. The van der Waals surface area contributed by atoms with E-state index in [1.165, 1.54) is 76.2 Å². The first-order valence-corrected chi connectivity index (χ1v) is 31.3. The second-order valence-electron chi connectivity index (χ2n) is 25.0. The van der Waals surface area contributed by atoms with Crippen LogP contribution in [0.5, 0.6) is 11.5 Å². The first-order chi connectivity index (χ1) is 44.3. The van der Waals surface area contributed by atoms with Crippen molar-refractivity contribution < 1.29 is 92.7 Å². The summed E-state index contributed by atoms with van der Waals surface area (Å²) in [6.07, 6.45) is -2.77. The van der Waals surface area contributed by atoms with Crippen molar-refractivity contribution in [3.8, 4) is 11.5 Å². The normalized spacial score (nSPS) is 15.0. The SMILES string of the molecule is CC(C)C[C@H](NC(=O)[C@H](C)NC(=O)[C@@H](N)[C@@H](C)O)C(=O)N[C@@H](CC(C)C)C(=O)N[C@@H](CCC(=O)O)C(=O)N[C@@H](Cc1ccc(O)cc1)C(=O)N[C@@H](C)C(=O)N[C@@H](C)C(=O)N[C@H](C(=O)NCC(=O)N[C@@H](Cc1ccc(O)cc1)C(=O)N[C@@H](CC(C)C)C(=O)NCC(=O)O)C(C)C. The highest BCUT2D eigenvalue weighted by atomic mass is 16.4. The molecule has 0 unspecified atom stereocenters. The molecular weight excluding hydrogens is 1240 g/mol. The molecule has 0 bridgehead atoms. The van der Waals surface area contributed by atoms with Crippen molar-refractivity contribution in [2.24, 2.45) is 29.4 Å². The molecule has 0 saturated carbocycles. The summed E-state index contributed by atoms with van der Waals surface area (Å²) in [6, 6.07) is -4.04. The third-order valence-corrected chi connectivity index (χ3v) is 14.5. The Labute approximate surface area is 551 Å². The van der Waals surface area contributed by atoms with Crippen molar-refractivity contribution in [1.82, 2.24) is 63.8 Å². The minimum Gasteiger partial charge on any atom is -0.508 e. The number of aliphatic hydroxyl groups is 1. The van der Waals surface area contributed by atoms with Gasteiger partial charge in [0.05, 0.1) is 12.6 Å². The molecule has 2 aromatic carbocycles. The van der Waals surface area contributed by atoms with Crippen LogP contribution >= 0.6 is 0 Å². The minimum absolute atomic E-state index is 0.0283. The number of carboxylic acids is 2. The number of aliphatic carboxylic acids is 2. The van der Waals surface area contributed by atoms with Crippen LogP contribution in [0.15, 0.2) is 48.5 Å². The highest BCUT2D eigenvalue weighted by Crippen LogP contribution is 2.16. The number of aromatic hydroxyl groups is 2. The number of carbonyl (C=O) groups excluding carboxylic acids is 12. The molecule has 95 heavy (non-hydrogen) atoms. The van der Waals surface area contributed by atoms with Gasteiger partial charge >= 0.3 is 11.9 Å². The summed E-state index contributed by atoms with van der Waals surface area (Å²) in [6.45, 7) is 17.4. The smallest absolute Gasteiger partial charge is 0.322 e. The van der Waals surface area contributed by atoms with E-state index in [0.717, 1.165) is 0 Å². The number of carbonyl (C=O) groups is 14. The quantitative estimate of drug-likeness (QED) is 0.0327. The van der Waals surface area contributed by atoms with Gasteiger partial charge in [-0.05, 0) is 112 Å². The standard InChI is InChI=1S/C63H97N13O19/c1-30(2)23-43(56(88)66-29-50(83)84)73-61(93)46(26-38-13-17-40(78)18-14-38)70-48(80)28-65-63(95)52(33(7)8)76-55(87)36(11)67-53(85)34(9)68-58(90)47(27-39-15-19-41(79)20-16-39)75-57(89)42(21-22-49(81)82)71-59(91)45(25-32(5)6)74-60(92)44(24-31(3)4)72-54(86)35(10)69-62(94)51(64)37(12)77/h13-20,30-37,42-47,51-52,77-79H,21-29,64H2,1-12H3,(H,65,95)(H,66,88)(H,67,85)(H,68,90)(H,69,94)(H,70,80)(H,71,91)(H,72,86)(H,73,93)(H,74,92)(H,75,89)(H,76,87)(H,81,82)(H,83,84)/t34-,35-,36-,37+,42-,43-,44-,45-,46-,47-,51-,52-/m0/s1. The molecule has 0 aliphatic carbocycles. The lowest BCUT2D eigenvalue weighted by Gasteiger charge is -2.28. The Balaban J connectivity index is 2.30. The fraction of sp³-hybridized carbons (Fsp3) is 0.587. The van der Waals surface area contributed by atoms with E-state index in [0.29, 0.717) is 11.1 Å². The second kappa shape index (κ2) is 39.9. The van der Waals surface area contributed by atoms with Gasteiger partial charge < -0.3 is 95.1 Å². The average Bonchev–Trinajstić information content (AvgIpc) is 0.895. The fourth-order valence-electron chi connectivity index (χ4n) is 9.18. The maximum Gasteiger partial charge on any atom is 0.322 e. The molecule has 0 saturated heterocycles. The molecule has 32 heteroatoms. The number of nitrogens with one attached hydrogen (secondary N) is 12. The number of hydrogen-bond donors (Lipinski definition) is 18. The van der Waals surface area contributed by atoms with Gasteiger partial charge in [-0.25, -0.2) is 0 Å². The first kappa shape index (κ1) is 81.6. The lowest BCUT2D eigenvalue weighted by Crippen LogP contribution is -2.60. The van der Waals surface area contributed by atoms with Gasteiger partial charge in [-0.3, -0.25) is 67.1 Å². The van der Waals surface area contributed by atoms with E-state index >= 15 is 0 Å². The van der Waals surface area contributed by atoms with Gasteiger partial charge in [0.1, 0.15) is 84.5 Å². The first-order valence-electron chi connectivity index (χ1n) is 31.3. The van der Waals surface area contributed by atoms with Crippen molar-refractivity contribution in [1.29, 1.82) is 0 Å². The van der Waals surface area contributed by atoms with Crippen LogP contribution in [0, 0.1) is 23.7 Å². The van der Waals surface area contributed by atoms with Crippen molar-refractivity contribution >= 4 is 82.8 Å². The summed E-state index contributed by atoms with van der Waals surface area (Å²) >= 11 is 0. The Kier molecular flexibility index (Phi) is 34.3. The van der Waals surface area contributed by atoms with E-state index in [4.69, 9.17) is 10.8 Å². The maximum atomic E-state index is 14.3. The number of aliphatic hydroxyl groups excluding tert-OH is 1. The lowest BCUT2D eigenvalue weighted by atomic mass is 9.99. The van der Waals surface area contributed by atoms with E-state index in [1.54, 1.807) is 55.4 Å². The number of phenols is 2. The zero-order valence-corrected chi connectivity index (χ0v) is 55.7. The van der Waals surface area contributed by atoms with Crippen LogP contribution in [0.2, 0.25) is 0 Å². The second-order valence-corrected chi connectivity index (χ2v) is 25.0. The molecule has 12 amide bonds. The highest BCUT2D eigenvalue weighted by Gasteiger charge is 2.36. The highest BCUT2D eigenvalue weighted by molar-refractivity contribution is 5.99. The fourth-order valence-corrected chi connectivity index (χ4v) is 9.18. The van der Waals surface area contributed by atoms with Gasteiger partial charge in [0.15, 0.2) is 0 Å². The molecule has 0 aliphatic heterocycles. The summed E-state index contributed by atoms with van der Waals surface area (Å²) in [4.78, 5) is 186. The van der Waals surface area contributed by atoms with Crippen molar-refractivity contribution in [2.75, 3.05) is 13.1 Å². The molecule has 2 aromatic rings. The Morgan fingerprint density at radius 1 is 0.379 bits per heavy atom. The van der Waals surface area contributed by atoms with Crippen LogP contribution in [0.3, 0.4) is 0 Å². The van der Waals surface area contributed by atoms with Crippen molar-refractivity contribution in [2.45, 2.75) is 201 Å². The number of rotatable bonds is 40. The maximum absolute atomic E-state index is 14.3. The van der Waals surface area contributed by atoms with Crippen LogP contribution in [-0.2, 0) is 80.0 Å². The lowest BCUT2D eigenvalue weighted by molar-refractivity contribution is -0.139. The number of carboxylic acid groups (broad SMARTS) is 2. The summed E-state index contributed by atoms with van der Waals surface area (Å²) in [5, 5.41) is 78.1. The third-order valence-electron chi connectivity index (χ3n) is 14.5. The number of benzene rings is 2. The van der Waals surface area contributed by atoms with Crippen molar-refractivity contribution in [3.05, 3.63) is 59.7 Å². The van der Waals surface area contributed by atoms with Gasteiger partial charge in [0.2, 0.25) is 70.9 Å². The number of amides is 12. The topological polar surface area (TPSA) is 511 Å². The van der Waals surface area contributed by atoms with E-state index in [2.05, 4.69) is 63.8 Å². The Hall–Kier alpha value is -9.46. The Morgan fingerprint density at radius 3 is 1.14 bits per heavy atom. The van der Waals surface area contributed by atoms with E-state index in [-0.39, 0.29) is 61.4 Å². The Bertz CT molecular complexity index is 2980. The zero-order valence-electron chi connectivity index (χ0n) is 55.7. The van der Waals surface area contributed by atoms with Crippen LogP contribution in [0.4, 0.5) is 0 Å². The molecule has 0 aromatic heterocycles. The van der Waals surface area contributed by atoms with E-state index in [9.17, 15) is 87.5 Å². The predicted molar refractivity (Wildman–Crippen MR) is 343 cm³/mol. The molecule has 12 atom stereocenters. The molecular formula is C63H97N13O19. The van der Waals surface area contributed by atoms with E-state index in [1.807, 2.05) is 0 Å². The summed E-state index contributed by atoms with van der Waals surface area (Å²) in [5.41, 5.74) is 6.55. The van der Waals surface area contributed by atoms with Gasteiger partial charge in [-0.1, -0.05) is 79.7 Å². The van der Waals surface area contributed by atoms with Gasteiger partial charge in [-0.15, -0.1) is 0 Å². The molecule has 0 spiro atoms. The van der Waals surface area contributed by atoms with Gasteiger partial charge in [-0.2, -0.15) is 0 Å². The molecule has 0 heterocycles. The van der Waals surface area contributed by atoms with Gasteiger partial charge in [0.25, 0.3) is 0 Å². The van der Waals surface area contributed by atoms with Crippen LogP contribution in [0.1, 0.15) is 126 Å². The zero-order chi connectivity index (χ0) is 72.1. The molecule has 19 N–H and O–H groups in total. The van der Waals surface area contributed by atoms with Crippen LogP contribution in [-0.4, -0.2) is 194 Å².